The van der Waals surface area contributed by atoms with Crippen molar-refractivity contribution in [2.24, 2.45) is 10.7 Å². The maximum atomic E-state index is 13.8. The molecule has 1 saturated heterocycles. The summed E-state index contributed by atoms with van der Waals surface area (Å²) in [4.78, 5) is 29.5. The van der Waals surface area contributed by atoms with Gasteiger partial charge < -0.3 is 10.5 Å². The van der Waals surface area contributed by atoms with Gasteiger partial charge in [-0.1, -0.05) is 30.3 Å². The lowest BCUT2D eigenvalue weighted by molar-refractivity contribution is -0.121. The molecule has 0 radical (unpaired) electrons. The Labute approximate surface area is 159 Å². The van der Waals surface area contributed by atoms with Gasteiger partial charge in [0.1, 0.15) is 17.3 Å². The molecule has 0 aliphatic carbocycles. The van der Waals surface area contributed by atoms with Crippen molar-refractivity contribution in [2.75, 3.05) is 13.7 Å². The van der Waals surface area contributed by atoms with Crippen molar-refractivity contribution in [2.45, 2.75) is 0 Å². The summed E-state index contributed by atoms with van der Waals surface area (Å²) in [7, 11) is 1.57. The third kappa shape index (κ3) is 4.35. The number of amides is 2. The largest absolute Gasteiger partial charge is 0.483 e. The van der Waals surface area contributed by atoms with Crippen LogP contribution in [0.3, 0.4) is 0 Å². The molecule has 2 N–H and O–H groups in total. The number of hydrogen-bond donors (Lipinski definition) is 1. The number of ether oxygens (including phenoxy) is 1. The minimum absolute atomic E-state index is 0.158. The molecule has 1 heterocycles. The van der Waals surface area contributed by atoms with Gasteiger partial charge in [0.25, 0.3) is 11.8 Å². The fraction of sp³-hybridized carbons (Fsp3) is 0.105. The summed E-state index contributed by atoms with van der Waals surface area (Å²) in [5, 5.41) is 0.367. The van der Waals surface area contributed by atoms with Crippen LogP contribution in [0.25, 0.3) is 6.08 Å². The number of benzene rings is 2. The van der Waals surface area contributed by atoms with Crippen molar-refractivity contribution in [3.05, 3.63) is 64.8 Å². The van der Waals surface area contributed by atoms with E-state index in [1.807, 2.05) is 0 Å². The van der Waals surface area contributed by atoms with Crippen LogP contribution >= 0.6 is 11.8 Å². The number of amidine groups is 1. The topological polar surface area (TPSA) is 85.0 Å². The molecule has 0 bridgehead atoms. The summed E-state index contributed by atoms with van der Waals surface area (Å²) in [6.45, 7) is -0.263. The number of carbonyl (C=O) groups is 2. The lowest BCUT2D eigenvalue weighted by Crippen LogP contribution is -2.23. The minimum atomic E-state index is -0.595. The van der Waals surface area contributed by atoms with Crippen LogP contribution in [-0.2, 0) is 9.59 Å². The zero-order valence-corrected chi connectivity index (χ0v) is 15.2. The Kier molecular flexibility index (Phi) is 5.56. The molecule has 6 nitrogen and oxygen atoms in total. The van der Waals surface area contributed by atoms with Crippen molar-refractivity contribution in [1.29, 1.82) is 0 Å². The van der Waals surface area contributed by atoms with Crippen molar-refractivity contribution in [3.8, 4) is 5.75 Å². The average molecular weight is 385 g/mol. The first-order chi connectivity index (χ1) is 13.0. The molecule has 2 amide bonds. The standard InChI is InChI=1S/C19H16FN3O3S/c1-23-18(25)16(27-19(23)22-14-8-4-3-7-13(14)20)10-12-6-2-5-9-15(12)26-11-17(21)24/h2-10H,11H2,1H3,(H2,21,24)/b16-10+,22-19?. The Hall–Kier alpha value is -3.13. The third-order valence-electron chi connectivity index (χ3n) is 3.65. The molecule has 0 unspecified atom stereocenters. The van der Waals surface area contributed by atoms with Gasteiger partial charge >= 0.3 is 0 Å². The average Bonchev–Trinajstić information content (AvgIpc) is 2.91. The van der Waals surface area contributed by atoms with Crippen molar-refractivity contribution < 1.29 is 18.7 Å². The molecular formula is C19H16FN3O3S. The second kappa shape index (κ2) is 8.05. The van der Waals surface area contributed by atoms with Crippen LogP contribution in [0.2, 0.25) is 0 Å². The quantitative estimate of drug-likeness (QED) is 0.802. The summed E-state index contributed by atoms with van der Waals surface area (Å²) < 4.78 is 19.2. The van der Waals surface area contributed by atoms with Gasteiger partial charge in [0.15, 0.2) is 11.8 Å². The molecule has 1 fully saturated rings. The van der Waals surface area contributed by atoms with Crippen molar-refractivity contribution in [3.63, 3.8) is 0 Å². The van der Waals surface area contributed by atoms with E-state index in [1.165, 1.54) is 17.0 Å². The smallest absolute Gasteiger partial charge is 0.266 e. The van der Waals surface area contributed by atoms with E-state index in [0.717, 1.165) is 11.8 Å². The van der Waals surface area contributed by atoms with Crippen molar-refractivity contribution in [1.82, 2.24) is 4.90 Å². The van der Waals surface area contributed by atoms with E-state index in [4.69, 9.17) is 10.5 Å². The van der Waals surface area contributed by atoms with Crippen molar-refractivity contribution >= 4 is 40.5 Å². The molecule has 8 heteroatoms. The van der Waals surface area contributed by atoms with Gasteiger partial charge in [-0.2, -0.15) is 0 Å². The fourth-order valence-electron chi connectivity index (χ4n) is 2.32. The van der Waals surface area contributed by atoms with Crippen LogP contribution in [0.15, 0.2) is 58.4 Å². The van der Waals surface area contributed by atoms with Gasteiger partial charge in [-0.3, -0.25) is 14.5 Å². The maximum absolute atomic E-state index is 13.8. The van der Waals surface area contributed by atoms with E-state index < -0.39 is 11.7 Å². The van der Waals surface area contributed by atoms with Crippen LogP contribution in [0.1, 0.15) is 5.56 Å². The third-order valence-corrected chi connectivity index (χ3v) is 4.71. The molecule has 2 aromatic carbocycles. The number of likely N-dealkylation sites (N-methyl/N-ethyl adjacent to an activating group) is 1. The SMILES string of the molecule is CN1C(=O)/C(=C\c2ccccc2OCC(N)=O)SC1=Nc1ccccc1F. The lowest BCUT2D eigenvalue weighted by Gasteiger charge is -2.08. The van der Waals surface area contributed by atoms with Gasteiger partial charge in [-0.05, 0) is 36.0 Å². The summed E-state index contributed by atoms with van der Waals surface area (Å²) in [6.07, 6.45) is 1.64. The zero-order valence-electron chi connectivity index (χ0n) is 14.4. The highest BCUT2D eigenvalue weighted by molar-refractivity contribution is 8.18. The number of primary amides is 1. The minimum Gasteiger partial charge on any atom is -0.483 e. The number of para-hydroxylation sites is 2. The molecule has 1 aliphatic rings. The monoisotopic (exact) mass is 385 g/mol. The van der Waals surface area contributed by atoms with E-state index in [2.05, 4.69) is 4.99 Å². The normalized spacial score (nSPS) is 17.0. The first-order valence-electron chi connectivity index (χ1n) is 7.96. The van der Waals surface area contributed by atoms with E-state index in [1.54, 1.807) is 49.5 Å². The molecule has 0 aromatic heterocycles. The fourth-order valence-corrected chi connectivity index (χ4v) is 3.29. The summed E-state index contributed by atoms with van der Waals surface area (Å²) in [5.41, 5.74) is 5.89. The van der Waals surface area contributed by atoms with Gasteiger partial charge in [0.2, 0.25) is 0 Å². The Bertz CT molecular complexity index is 959. The highest BCUT2D eigenvalue weighted by Gasteiger charge is 2.30. The molecule has 2 aromatic rings. The predicted octanol–water partition coefficient (Wildman–Crippen LogP) is 2.92. The number of hydrogen-bond acceptors (Lipinski definition) is 5. The second-order valence-corrected chi connectivity index (χ2v) is 6.62. The highest BCUT2D eigenvalue weighted by Crippen LogP contribution is 2.35. The first-order valence-corrected chi connectivity index (χ1v) is 8.78. The Morgan fingerprint density at radius 1 is 1.26 bits per heavy atom. The highest BCUT2D eigenvalue weighted by atomic mass is 32.2. The number of carbonyl (C=O) groups excluding carboxylic acids is 2. The molecule has 138 valence electrons. The molecule has 0 atom stereocenters. The molecule has 27 heavy (non-hydrogen) atoms. The summed E-state index contributed by atoms with van der Waals surface area (Å²) >= 11 is 1.13. The molecule has 0 spiro atoms. The van der Waals surface area contributed by atoms with Gasteiger partial charge in [-0.25, -0.2) is 9.38 Å². The van der Waals surface area contributed by atoms with Gasteiger partial charge in [0, 0.05) is 12.6 Å². The number of nitrogens with zero attached hydrogens (tertiary/aromatic N) is 2. The van der Waals surface area contributed by atoms with Crippen LogP contribution in [0.5, 0.6) is 5.75 Å². The summed E-state index contributed by atoms with van der Waals surface area (Å²) in [6, 6.07) is 13.1. The lowest BCUT2D eigenvalue weighted by atomic mass is 10.2. The number of aliphatic imine (C=N–C) groups is 1. The maximum Gasteiger partial charge on any atom is 0.266 e. The summed E-state index contributed by atoms with van der Waals surface area (Å²) in [5.74, 6) is -0.893. The molecular weight excluding hydrogens is 369 g/mol. The van der Waals surface area contributed by atoms with E-state index in [9.17, 15) is 14.0 Å². The van der Waals surface area contributed by atoms with Crippen LogP contribution in [0.4, 0.5) is 10.1 Å². The Balaban J connectivity index is 1.89. The van der Waals surface area contributed by atoms with E-state index >= 15 is 0 Å². The van der Waals surface area contributed by atoms with Crippen LogP contribution in [0, 0.1) is 5.82 Å². The predicted molar refractivity (Wildman–Crippen MR) is 103 cm³/mol. The second-order valence-electron chi connectivity index (χ2n) is 5.61. The van der Waals surface area contributed by atoms with Crippen LogP contribution < -0.4 is 10.5 Å². The molecule has 1 aliphatic heterocycles. The number of thioether (sulfide) groups is 1. The number of rotatable bonds is 5. The van der Waals surface area contributed by atoms with Gasteiger partial charge in [-0.15, -0.1) is 0 Å². The number of nitrogens with two attached hydrogens (primary N) is 1. The number of halogens is 1. The van der Waals surface area contributed by atoms with E-state index in [-0.39, 0.29) is 18.2 Å². The van der Waals surface area contributed by atoms with E-state index in [0.29, 0.717) is 21.4 Å². The first kappa shape index (κ1) is 18.7. The zero-order chi connectivity index (χ0) is 19.4. The molecule has 3 rings (SSSR count). The van der Waals surface area contributed by atoms with Crippen LogP contribution in [-0.4, -0.2) is 35.5 Å². The molecule has 0 saturated carbocycles. The Morgan fingerprint density at radius 3 is 2.70 bits per heavy atom. The Morgan fingerprint density at radius 2 is 1.96 bits per heavy atom. The van der Waals surface area contributed by atoms with Gasteiger partial charge in [0.05, 0.1) is 4.91 Å².